The molecule has 2 heterocycles. The van der Waals surface area contributed by atoms with Gasteiger partial charge in [0.15, 0.2) is 0 Å². The van der Waals surface area contributed by atoms with Crippen LogP contribution >= 0.6 is 0 Å². The molecule has 3 rings (SSSR count). The van der Waals surface area contributed by atoms with E-state index in [0.29, 0.717) is 12.1 Å². The third-order valence-corrected chi connectivity index (χ3v) is 4.12. The first-order valence-corrected chi connectivity index (χ1v) is 8.88. The van der Waals surface area contributed by atoms with Gasteiger partial charge in [0, 0.05) is 44.1 Å². The zero-order chi connectivity index (χ0) is 18.1. The number of hydrogen-bond donors (Lipinski definition) is 2. The molecule has 1 atom stereocenters. The van der Waals surface area contributed by atoms with Gasteiger partial charge < -0.3 is 10.4 Å². The second-order valence-electron chi connectivity index (χ2n) is 5.85. The highest BCUT2D eigenvalue weighted by Crippen LogP contribution is 2.18. The fraction of sp³-hybridized carbons (Fsp3) is 0.400. The Labute approximate surface area is 149 Å². The number of carbonyl (C=O) groups is 1. The van der Waals surface area contributed by atoms with Crippen LogP contribution in [0.4, 0.5) is 0 Å². The summed E-state index contributed by atoms with van der Waals surface area (Å²) in [6.45, 7) is 6.60. The van der Waals surface area contributed by atoms with Crippen molar-refractivity contribution in [1.82, 2.24) is 15.2 Å². The van der Waals surface area contributed by atoms with Crippen LogP contribution in [0.1, 0.15) is 35.3 Å². The Bertz CT molecular complexity index is 661. The van der Waals surface area contributed by atoms with Crippen molar-refractivity contribution >= 4 is 5.91 Å². The molecule has 25 heavy (non-hydrogen) atoms. The van der Waals surface area contributed by atoms with E-state index in [1.54, 1.807) is 24.5 Å². The number of fused-ring (bicyclic) bond motifs is 1. The van der Waals surface area contributed by atoms with Gasteiger partial charge in [-0.25, -0.2) is 0 Å². The standard InChI is InChI=1S/C18H21N3O2.C2H6/c22-17(11-20-18(23)15-5-8-19-9-6-15)13-21-10-7-14-3-1-2-4-16(14)12-21;1-2/h1-6,8-9,17,22H,7,10-13H2,(H,20,23);1-2H3. The van der Waals surface area contributed by atoms with Crippen LogP contribution in [-0.2, 0) is 13.0 Å². The van der Waals surface area contributed by atoms with Crippen molar-refractivity contribution in [3.05, 3.63) is 65.5 Å². The van der Waals surface area contributed by atoms with Crippen molar-refractivity contribution < 1.29 is 9.90 Å². The number of nitrogens with one attached hydrogen (secondary N) is 1. The predicted molar refractivity (Wildman–Crippen MR) is 99.3 cm³/mol. The van der Waals surface area contributed by atoms with Crippen LogP contribution < -0.4 is 5.32 Å². The third-order valence-electron chi connectivity index (χ3n) is 4.12. The van der Waals surface area contributed by atoms with Crippen LogP contribution in [0.3, 0.4) is 0 Å². The summed E-state index contributed by atoms with van der Waals surface area (Å²) in [5.74, 6) is -0.185. The molecule has 0 saturated heterocycles. The molecule has 0 spiro atoms. The van der Waals surface area contributed by atoms with Gasteiger partial charge in [0.2, 0.25) is 0 Å². The lowest BCUT2D eigenvalue weighted by atomic mass is 10.00. The van der Waals surface area contributed by atoms with E-state index in [4.69, 9.17) is 0 Å². The fourth-order valence-electron chi connectivity index (χ4n) is 2.89. The molecule has 1 unspecified atom stereocenters. The first kappa shape index (κ1) is 19.1. The Morgan fingerprint density at radius 3 is 2.60 bits per heavy atom. The van der Waals surface area contributed by atoms with Gasteiger partial charge in [-0.2, -0.15) is 0 Å². The van der Waals surface area contributed by atoms with Crippen molar-refractivity contribution in [2.75, 3.05) is 19.6 Å². The third kappa shape index (κ3) is 5.66. The number of carbonyl (C=O) groups excluding carboxylic acids is 1. The average Bonchev–Trinajstić information content (AvgIpc) is 2.68. The number of aromatic nitrogens is 1. The zero-order valence-corrected chi connectivity index (χ0v) is 15.0. The van der Waals surface area contributed by atoms with Crippen LogP contribution in [0, 0.1) is 0 Å². The van der Waals surface area contributed by atoms with Crippen LogP contribution in [0.25, 0.3) is 0 Å². The Morgan fingerprint density at radius 1 is 1.20 bits per heavy atom. The summed E-state index contributed by atoms with van der Waals surface area (Å²) >= 11 is 0. The van der Waals surface area contributed by atoms with Gasteiger partial charge in [-0.05, 0) is 29.7 Å². The number of aliphatic hydroxyl groups is 1. The molecule has 0 fully saturated rings. The summed E-state index contributed by atoms with van der Waals surface area (Å²) in [5.41, 5.74) is 3.27. The Balaban J connectivity index is 0.00000109. The second-order valence-corrected chi connectivity index (χ2v) is 5.85. The number of pyridine rings is 1. The normalized spacial score (nSPS) is 14.7. The Hall–Kier alpha value is -2.24. The predicted octanol–water partition coefficient (Wildman–Crippen LogP) is 2.26. The summed E-state index contributed by atoms with van der Waals surface area (Å²) in [6.07, 6.45) is 3.59. The van der Waals surface area contributed by atoms with E-state index >= 15 is 0 Å². The molecule has 2 aromatic rings. The minimum atomic E-state index is -0.578. The molecule has 1 amide bonds. The number of hydrogen-bond acceptors (Lipinski definition) is 4. The largest absolute Gasteiger partial charge is 0.390 e. The lowest BCUT2D eigenvalue weighted by Crippen LogP contribution is -2.42. The number of benzene rings is 1. The molecule has 1 aliphatic heterocycles. The van der Waals surface area contributed by atoms with Gasteiger partial charge >= 0.3 is 0 Å². The topological polar surface area (TPSA) is 65.5 Å². The van der Waals surface area contributed by atoms with E-state index in [2.05, 4.69) is 33.4 Å². The number of rotatable bonds is 5. The SMILES string of the molecule is CC.O=C(NCC(O)CN1CCc2ccccc2C1)c1ccncc1. The van der Waals surface area contributed by atoms with Gasteiger partial charge in [0.25, 0.3) is 5.91 Å². The maximum Gasteiger partial charge on any atom is 0.251 e. The number of nitrogens with zero attached hydrogens (tertiary/aromatic N) is 2. The molecule has 5 heteroatoms. The smallest absolute Gasteiger partial charge is 0.251 e. The van der Waals surface area contributed by atoms with E-state index in [-0.39, 0.29) is 12.5 Å². The minimum absolute atomic E-state index is 0.185. The van der Waals surface area contributed by atoms with E-state index < -0.39 is 6.10 Å². The van der Waals surface area contributed by atoms with Crippen molar-refractivity contribution in [3.8, 4) is 0 Å². The van der Waals surface area contributed by atoms with Crippen molar-refractivity contribution in [2.45, 2.75) is 32.9 Å². The van der Waals surface area contributed by atoms with E-state index in [0.717, 1.165) is 19.5 Å². The maximum absolute atomic E-state index is 11.9. The zero-order valence-electron chi connectivity index (χ0n) is 15.0. The van der Waals surface area contributed by atoms with Crippen LogP contribution in [0.5, 0.6) is 0 Å². The second kappa shape index (κ2) is 9.91. The average molecular weight is 341 g/mol. The van der Waals surface area contributed by atoms with Gasteiger partial charge in [-0.15, -0.1) is 0 Å². The lowest BCUT2D eigenvalue weighted by molar-refractivity contribution is 0.0842. The molecule has 0 saturated carbocycles. The van der Waals surface area contributed by atoms with Crippen molar-refractivity contribution in [3.63, 3.8) is 0 Å². The molecular formula is C20H27N3O2. The summed E-state index contributed by atoms with van der Waals surface area (Å²) in [4.78, 5) is 18.1. The Morgan fingerprint density at radius 2 is 1.88 bits per heavy atom. The maximum atomic E-state index is 11.9. The van der Waals surface area contributed by atoms with Gasteiger partial charge in [-0.3, -0.25) is 14.7 Å². The Kier molecular flexibility index (Phi) is 7.57. The molecule has 1 aromatic heterocycles. The number of β-amino-alcohol motifs (C(OH)–C–C–N with tert-alkyl or cyclic N) is 1. The van der Waals surface area contributed by atoms with Gasteiger partial charge in [0.05, 0.1) is 6.10 Å². The summed E-state index contributed by atoms with van der Waals surface area (Å²) in [5, 5.41) is 12.9. The van der Waals surface area contributed by atoms with Crippen molar-refractivity contribution in [2.24, 2.45) is 0 Å². The number of aliphatic hydroxyl groups excluding tert-OH is 1. The fourth-order valence-corrected chi connectivity index (χ4v) is 2.89. The van der Waals surface area contributed by atoms with Crippen LogP contribution in [0.15, 0.2) is 48.8 Å². The van der Waals surface area contributed by atoms with Crippen LogP contribution in [0.2, 0.25) is 0 Å². The molecule has 134 valence electrons. The van der Waals surface area contributed by atoms with Gasteiger partial charge in [-0.1, -0.05) is 38.1 Å². The first-order valence-electron chi connectivity index (χ1n) is 8.88. The lowest BCUT2D eigenvalue weighted by Gasteiger charge is -2.30. The van der Waals surface area contributed by atoms with E-state index in [9.17, 15) is 9.90 Å². The monoisotopic (exact) mass is 341 g/mol. The summed E-state index contributed by atoms with van der Waals surface area (Å²) in [7, 11) is 0. The molecule has 0 aliphatic carbocycles. The van der Waals surface area contributed by atoms with Crippen LogP contribution in [-0.4, -0.2) is 46.6 Å². The quantitative estimate of drug-likeness (QED) is 0.875. The van der Waals surface area contributed by atoms with E-state index in [1.165, 1.54) is 11.1 Å². The highest BCUT2D eigenvalue weighted by molar-refractivity contribution is 5.93. The van der Waals surface area contributed by atoms with E-state index in [1.807, 2.05) is 19.9 Å². The molecule has 2 N–H and O–H groups in total. The highest BCUT2D eigenvalue weighted by Gasteiger charge is 2.18. The van der Waals surface area contributed by atoms with Gasteiger partial charge in [0.1, 0.15) is 0 Å². The molecule has 0 bridgehead atoms. The molecule has 5 nitrogen and oxygen atoms in total. The molecule has 0 radical (unpaired) electrons. The summed E-state index contributed by atoms with van der Waals surface area (Å²) in [6, 6.07) is 11.7. The van der Waals surface area contributed by atoms with Crippen molar-refractivity contribution in [1.29, 1.82) is 0 Å². The molecule has 1 aliphatic rings. The number of amides is 1. The highest BCUT2D eigenvalue weighted by atomic mass is 16.3. The first-order chi connectivity index (χ1) is 12.2. The molecular weight excluding hydrogens is 314 g/mol. The molecule has 1 aromatic carbocycles. The minimum Gasteiger partial charge on any atom is -0.390 e. The summed E-state index contributed by atoms with van der Waals surface area (Å²) < 4.78 is 0.